The molecular formula is C22H30N2O6S. The average molecular weight is 451 g/mol. The van der Waals surface area contributed by atoms with E-state index < -0.39 is 23.6 Å². The minimum Gasteiger partial charge on any atom is -0.497 e. The Bertz CT molecular complexity index is 955. The standard InChI is InChI=1S/C22H30N2O6S/c1-13(2)28-19-17(12-31-16-8-6-15(27-5)7-9-16)30-21(20(19)29-14(3)4)24-11-10-18(25)23-22(24)26/h6-11,13-14,17,19-21H,12H2,1-5H3,(H,23,25,26)/t17-,19-,20-,21-/m1/s1. The van der Waals surface area contributed by atoms with Crippen molar-refractivity contribution in [1.29, 1.82) is 0 Å². The van der Waals surface area contributed by atoms with Crippen molar-refractivity contribution in [3.63, 3.8) is 0 Å². The predicted octanol–water partition coefficient (Wildman–Crippen LogP) is 2.82. The van der Waals surface area contributed by atoms with E-state index in [0.717, 1.165) is 10.6 Å². The summed E-state index contributed by atoms with van der Waals surface area (Å²) in [6.07, 6.45) is -0.621. The van der Waals surface area contributed by atoms with E-state index in [1.54, 1.807) is 18.9 Å². The highest BCUT2D eigenvalue weighted by atomic mass is 32.2. The lowest BCUT2D eigenvalue weighted by Crippen LogP contribution is -2.42. The first kappa shape index (κ1) is 23.6. The van der Waals surface area contributed by atoms with Gasteiger partial charge in [0.15, 0.2) is 6.23 Å². The van der Waals surface area contributed by atoms with Crippen molar-refractivity contribution < 1.29 is 18.9 Å². The quantitative estimate of drug-likeness (QED) is 0.588. The van der Waals surface area contributed by atoms with Gasteiger partial charge in [-0.2, -0.15) is 0 Å². The molecule has 8 nitrogen and oxygen atoms in total. The number of aromatic nitrogens is 2. The Kier molecular flexibility index (Phi) is 7.99. The second-order valence-electron chi connectivity index (χ2n) is 7.87. The van der Waals surface area contributed by atoms with Gasteiger partial charge in [-0.3, -0.25) is 14.3 Å². The lowest BCUT2D eigenvalue weighted by molar-refractivity contribution is -0.113. The van der Waals surface area contributed by atoms with Crippen LogP contribution < -0.4 is 16.0 Å². The van der Waals surface area contributed by atoms with Crippen molar-refractivity contribution in [2.75, 3.05) is 12.9 Å². The normalized spacial score (nSPS) is 23.6. The molecule has 1 aromatic heterocycles. The Balaban J connectivity index is 1.86. The number of nitrogens with one attached hydrogen (secondary N) is 1. The highest BCUT2D eigenvalue weighted by molar-refractivity contribution is 7.99. The molecule has 31 heavy (non-hydrogen) atoms. The minimum atomic E-state index is -0.711. The summed E-state index contributed by atoms with van der Waals surface area (Å²) in [6.45, 7) is 7.77. The van der Waals surface area contributed by atoms with Crippen LogP contribution in [0.3, 0.4) is 0 Å². The Morgan fingerprint density at radius 1 is 1.03 bits per heavy atom. The number of thioether (sulfide) groups is 1. The van der Waals surface area contributed by atoms with Gasteiger partial charge in [0.1, 0.15) is 18.0 Å². The maximum absolute atomic E-state index is 12.4. The molecule has 1 aromatic carbocycles. The van der Waals surface area contributed by atoms with E-state index in [2.05, 4.69) is 4.98 Å². The van der Waals surface area contributed by atoms with E-state index >= 15 is 0 Å². The first-order chi connectivity index (χ1) is 14.8. The molecule has 0 amide bonds. The molecule has 1 N–H and O–H groups in total. The molecule has 1 aliphatic rings. The minimum absolute atomic E-state index is 0.0496. The van der Waals surface area contributed by atoms with Gasteiger partial charge in [-0.25, -0.2) is 4.79 Å². The Morgan fingerprint density at radius 3 is 2.26 bits per heavy atom. The Morgan fingerprint density at radius 2 is 1.68 bits per heavy atom. The summed E-state index contributed by atoms with van der Waals surface area (Å²) in [5.41, 5.74) is -0.997. The fraction of sp³-hybridized carbons (Fsp3) is 0.545. The van der Waals surface area contributed by atoms with Crippen LogP contribution in [-0.4, -0.2) is 52.9 Å². The van der Waals surface area contributed by atoms with E-state index in [1.165, 1.54) is 16.8 Å². The van der Waals surface area contributed by atoms with Crippen molar-refractivity contribution in [3.05, 3.63) is 57.4 Å². The van der Waals surface area contributed by atoms with E-state index in [0.29, 0.717) is 5.75 Å². The van der Waals surface area contributed by atoms with Crippen LogP contribution in [0.5, 0.6) is 5.75 Å². The summed E-state index contributed by atoms with van der Waals surface area (Å²) in [5, 5.41) is 0. The molecule has 0 bridgehead atoms. The number of H-pyrrole nitrogens is 1. The highest BCUT2D eigenvalue weighted by Crippen LogP contribution is 2.37. The maximum Gasteiger partial charge on any atom is 0.330 e. The van der Waals surface area contributed by atoms with Gasteiger partial charge >= 0.3 is 5.69 Å². The maximum atomic E-state index is 12.4. The molecule has 170 valence electrons. The van der Waals surface area contributed by atoms with Crippen LogP contribution in [0.15, 0.2) is 51.0 Å². The zero-order valence-corrected chi connectivity index (χ0v) is 19.3. The first-order valence-electron chi connectivity index (χ1n) is 10.3. The molecule has 2 aromatic rings. The van der Waals surface area contributed by atoms with Crippen LogP contribution in [0.1, 0.15) is 33.9 Å². The lowest BCUT2D eigenvalue weighted by atomic mass is 10.1. The van der Waals surface area contributed by atoms with Crippen molar-refractivity contribution >= 4 is 11.8 Å². The molecule has 3 rings (SSSR count). The predicted molar refractivity (Wildman–Crippen MR) is 119 cm³/mol. The molecule has 0 spiro atoms. The number of aromatic amines is 1. The second-order valence-corrected chi connectivity index (χ2v) is 8.96. The Hall–Kier alpha value is -2.07. The Labute approximate surface area is 185 Å². The van der Waals surface area contributed by atoms with Crippen LogP contribution in [-0.2, 0) is 14.2 Å². The first-order valence-corrected chi connectivity index (χ1v) is 11.3. The molecule has 2 heterocycles. The van der Waals surface area contributed by atoms with Crippen LogP contribution in [0.2, 0.25) is 0 Å². The number of ether oxygens (including phenoxy) is 4. The molecular weight excluding hydrogens is 420 g/mol. The monoisotopic (exact) mass is 450 g/mol. The molecule has 1 fully saturated rings. The van der Waals surface area contributed by atoms with Gasteiger partial charge in [0.25, 0.3) is 5.56 Å². The summed E-state index contributed by atoms with van der Waals surface area (Å²) >= 11 is 1.63. The van der Waals surface area contributed by atoms with Gasteiger partial charge in [-0.15, -0.1) is 11.8 Å². The van der Waals surface area contributed by atoms with E-state index in [-0.39, 0.29) is 24.4 Å². The number of nitrogens with zero attached hydrogens (tertiary/aromatic N) is 1. The van der Waals surface area contributed by atoms with Crippen molar-refractivity contribution in [2.24, 2.45) is 0 Å². The smallest absolute Gasteiger partial charge is 0.330 e. The summed E-state index contributed by atoms with van der Waals surface area (Å²) in [7, 11) is 1.64. The number of methoxy groups -OCH3 is 1. The molecule has 0 unspecified atom stereocenters. The van der Waals surface area contributed by atoms with E-state index in [9.17, 15) is 9.59 Å². The summed E-state index contributed by atoms with van der Waals surface area (Å²) < 4.78 is 25.3. The molecule has 0 saturated carbocycles. The summed E-state index contributed by atoms with van der Waals surface area (Å²) in [5.74, 6) is 1.40. The molecule has 9 heteroatoms. The number of rotatable bonds is 9. The fourth-order valence-corrected chi connectivity index (χ4v) is 4.44. The van der Waals surface area contributed by atoms with Crippen LogP contribution in [0.4, 0.5) is 0 Å². The third-order valence-electron chi connectivity index (χ3n) is 4.74. The van der Waals surface area contributed by atoms with E-state index in [4.69, 9.17) is 18.9 Å². The van der Waals surface area contributed by atoms with Crippen LogP contribution in [0.25, 0.3) is 0 Å². The van der Waals surface area contributed by atoms with Gasteiger partial charge in [0, 0.05) is 22.9 Å². The number of benzene rings is 1. The van der Waals surface area contributed by atoms with Gasteiger partial charge in [-0.1, -0.05) is 0 Å². The van der Waals surface area contributed by atoms with Crippen molar-refractivity contribution in [2.45, 2.75) is 69.3 Å². The summed E-state index contributed by atoms with van der Waals surface area (Å²) in [4.78, 5) is 27.3. The van der Waals surface area contributed by atoms with Gasteiger partial charge < -0.3 is 18.9 Å². The molecule has 1 saturated heterocycles. The van der Waals surface area contributed by atoms with Gasteiger partial charge in [-0.05, 0) is 52.0 Å². The third-order valence-corrected chi connectivity index (χ3v) is 5.84. The average Bonchev–Trinajstić information content (AvgIpc) is 3.02. The number of hydrogen-bond donors (Lipinski definition) is 1. The largest absolute Gasteiger partial charge is 0.497 e. The van der Waals surface area contributed by atoms with Crippen molar-refractivity contribution in [1.82, 2.24) is 9.55 Å². The second kappa shape index (κ2) is 10.5. The van der Waals surface area contributed by atoms with Gasteiger partial charge in [0.05, 0.1) is 25.4 Å². The summed E-state index contributed by atoms with van der Waals surface area (Å²) in [6, 6.07) is 9.10. The molecule has 4 atom stereocenters. The molecule has 0 radical (unpaired) electrons. The van der Waals surface area contributed by atoms with Crippen molar-refractivity contribution in [3.8, 4) is 5.75 Å². The topological polar surface area (TPSA) is 91.8 Å². The highest BCUT2D eigenvalue weighted by Gasteiger charge is 2.48. The lowest BCUT2D eigenvalue weighted by Gasteiger charge is -2.28. The van der Waals surface area contributed by atoms with Crippen LogP contribution in [0, 0.1) is 0 Å². The van der Waals surface area contributed by atoms with Crippen LogP contribution >= 0.6 is 11.8 Å². The zero-order chi connectivity index (χ0) is 22.5. The SMILES string of the molecule is COc1ccc(SC[C@H]2O[C@@H](n3ccc(=O)[nH]c3=O)[C@H](OC(C)C)[C@@H]2OC(C)C)cc1. The van der Waals surface area contributed by atoms with E-state index in [1.807, 2.05) is 52.0 Å². The van der Waals surface area contributed by atoms with Gasteiger partial charge in [0.2, 0.25) is 0 Å². The number of hydrogen-bond acceptors (Lipinski definition) is 7. The third kappa shape index (κ3) is 6.00. The zero-order valence-electron chi connectivity index (χ0n) is 18.4. The fourth-order valence-electron chi connectivity index (χ4n) is 3.48. The molecule has 0 aliphatic carbocycles. The molecule has 1 aliphatic heterocycles.